The molecule has 5 heteroatoms. The highest BCUT2D eigenvalue weighted by atomic mass is 35.5. The molecule has 1 aliphatic carbocycles. The molecule has 4 nitrogen and oxygen atoms in total. The number of likely N-dealkylation sites (tertiary alicyclic amines) is 1. The summed E-state index contributed by atoms with van der Waals surface area (Å²) < 4.78 is 5.95. The zero-order chi connectivity index (χ0) is 15.7. The third-order valence-corrected chi connectivity index (χ3v) is 5.14. The number of nitrogens with two attached hydrogens (primary N) is 1. The summed E-state index contributed by atoms with van der Waals surface area (Å²) in [5.74, 6) is 1.97. The van der Waals surface area contributed by atoms with Crippen molar-refractivity contribution in [3.8, 4) is 5.75 Å². The Kier molecular flexibility index (Phi) is 5.93. The Morgan fingerprint density at radius 3 is 2.83 bits per heavy atom. The van der Waals surface area contributed by atoms with E-state index >= 15 is 0 Å². The van der Waals surface area contributed by atoms with Gasteiger partial charge in [-0.2, -0.15) is 0 Å². The lowest BCUT2D eigenvalue weighted by Crippen LogP contribution is -2.41. The molecule has 1 amide bonds. The van der Waals surface area contributed by atoms with Gasteiger partial charge in [-0.15, -0.1) is 12.4 Å². The van der Waals surface area contributed by atoms with Crippen LogP contribution in [0.5, 0.6) is 5.75 Å². The van der Waals surface area contributed by atoms with Crippen molar-refractivity contribution in [2.45, 2.75) is 45.3 Å². The van der Waals surface area contributed by atoms with Crippen LogP contribution in [0.1, 0.15) is 31.7 Å². The van der Waals surface area contributed by atoms with Crippen molar-refractivity contribution >= 4 is 18.3 Å². The fourth-order valence-electron chi connectivity index (χ4n) is 3.85. The molecular formula is C18H27ClN2O2. The number of hydrogen-bond acceptors (Lipinski definition) is 3. The molecule has 2 aliphatic rings. The molecule has 128 valence electrons. The summed E-state index contributed by atoms with van der Waals surface area (Å²) in [7, 11) is 0. The van der Waals surface area contributed by atoms with Gasteiger partial charge in [-0.3, -0.25) is 4.79 Å². The van der Waals surface area contributed by atoms with E-state index < -0.39 is 6.10 Å². The molecule has 1 saturated heterocycles. The molecule has 4 unspecified atom stereocenters. The second-order valence-electron chi connectivity index (χ2n) is 6.74. The molecule has 0 radical (unpaired) electrons. The van der Waals surface area contributed by atoms with E-state index in [4.69, 9.17) is 10.5 Å². The van der Waals surface area contributed by atoms with Crippen molar-refractivity contribution in [3.63, 3.8) is 0 Å². The zero-order valence-corrected chi connectivity index (χ0v) is 14.7. The SMILES string of the molecule is CCC(Oc1cccc(C)c1)C(=O)N1CC2CCC(N)C2C1.Cl. The van der Waals surface area contributed by atoms with Gasteiger partial charge in [0.2, 0.25) is 0 Å². The quantitative estimate of drug-likeness (QED) is 0.918. The van der Waals surface area contributed by atoms with Crippen LogP contribution in [0.25, 0.3) is 0 Å². The van der Waals surface area contributed by atoms with Gasteiger partial charge in [0.25, 0.3) is 5.91 Å². The molecule has 1 aromatic carbocycles. The number of nitrogens with zero attached hydrogens (tertiary/aromatic N) is 1. The Bertz CT molecular complexity index is 552. The molecule has 4 atom stereocenters. The van der Waals surface area contributed by atoms with Gasteiger partial charge in [-0.1, -0.05) is 19.1 Å². The zero-order valence-electron chi connectivity index (χ0n) is 13.9. The van der Waals surface area contributed by atoms with Crippen molar-refractivity contribution in [2.24, 2.45) is 17.6 Å². The summed E-state index contributed by atoms with van der Waals surface area (Å²) in [6, 6.07) is 8.14. The van der Waals surface area contributed by atoms with Crippen LogP contribution in [0.4, 0.5) is 0 Å². The second-order valence-corrected chi connectivity index (χ2v) is 6.74. The largest absolute Gasteiger partial charge is 0.481 e. The first-order valence-corrected chi connectivity index (χ1v) is 8.36. The van der Waals surface area contributed by atoms with Crippen LogP contribution in [0, 0.1) is 18.8 Å². The molecular weight excluding hydrogens is 312 g/mol. The molecule has 0 aromatic heterocycles. The minimum atomic E-state index is -0.392. The molecule has 1 heterocycles. The molecule has 1 saturated carbocycles. The van der Waals surface area contributed by atoms with E-state index in [1.165, 1.54) is 0 Å². The van der Waals surface area contributed by atoms with E-state index in [1.54, 1.807) is 0 Å². The van der Waals surface area contributed by atoms with Crippen molar-refractivity contribution in [1.29, 1.82) is 0 Å². The summed E-state index contributed by atoms with van der Waals surface area (Å²) in [5.41, 5.74) is 7.30. The van der Waals surface area contributed by atoms with Gasteiger partial charge in [0.05, 0.1) is 0 Å². The van der Waals surface area contributed by atoms with Gasteiger partial charge in [-0.25, -0.2) is 0 Å². The minimum Gasteiger partial charge on any atom is -0.481 e. The van der Waals surface area contributed by atoms with Gasteiger partial charge in [0.1, 0.15) is 5.75 Å². The molecule has 0 spiro atoms. The van der Waals surface area contributed by atoms with E-state index in [9.17, 15) is 4.79 Å². The van der Waals surface area contributed by atoms with Gasteiger partial charge >= 0.3 is 0 Å². The van der Waals surface area contributed by atoms with Crippen LogP contribution >= 0.6 is 12.4 Å². The van der Waals surface area contributed by atoms with Crippen molar-refractivity contribution in [3.05, 3.63) is 29.8 Å². The summed E-state index contributed by atoms with van der Waals surface area (Å²) >= 11 is 0. The van der Waals surface area contributed by atoms with E-state index in [0.717, 1.165) is 37.2 Å². The maximum absolute atomic E-state index is 12.8. The predicted octanol–water partition coefficient (Wildman–Crippen LogP) is 2.77. The number of rotatable bonds is 4. The van der Waals surface area contributed by atoms with E-state index in [-0.39, 0.29) is 24.4 Å². The standard InChI is InChI=1S/C18H26N2O2.ClH/c1-3-17(22-14-6-4-5-12(2)9-14)18(21)20-10-13-7-8-16(19)15(13)11-20;/h4-6,9,13,15-17H,3,7-8,10-11,19H2,1-2H3;1H. The summed E-state index contributed by atoms with van der Waals surface area (Å²) in [4.78, 5) is 14.7. The highest BCUT2D eigenvalue weighted by molar-refractivity contribution is 5.85. The van der Waals surface area contributed by atoms with Gasteiger partial charge in [-0.05, 0) is 55.7 Å². The van der Waals surface area contributed by atoms with Crippen molar-refractivity contribution < 1.29 is 9.53 Å². The fraction of sp³-hybridized carbons (Fsp3) is 0.611. The smallest absolute Gasteiger partial charge is 0.263 e. The number of ether oxygens (including phenoxy) is 1. The summed E-state index contributed by atoms with van der Waals surface area (Å²) in [6.45, 7) is 5.68. The average molecular weight is 339 g/mol. The Morgan fingerprint density at radius 2 is 2.17 bits per heavy atom. The lowest BCUT2D eigenvalue weighted by Gasteiger charge is -2.24. The maximum atomic E-state index is 12.8. The van der Waals surface area contributed by atoms with Crippen molar-refractivity contribution in [2.75, 3.05) is 13.1 Å². The van der Waals surface area contributed by atoms with Crippen LogP contribution in [0.3, 0.4) is 0 Å². The highest BCUT2D eigenvalue weighted by Crippen LogP contribution is 2.37. The number of halogens is 1. The first kappa shape index (κ1) is 18.1. The summed E-state index contributed by atoms with van der Waals surface area (Å²) in [6.07, 6.45) is 2.56. The maximum Gasteiger partial charge on any atom is 0.263 e. The van der Waals surface area contributed by atoms with Gasteiger partial charge in [0, 0.05) is 19.1 Å². The van der Waals surface area contributed by atoms with Crippen LogP contribution < -0.4 is 10.5 Å². The first-order chi connectivity index (χ1) is 10.6. The third kappa shape index (κ3) is 3.81. The van der Waals surface area contributed by atoms with E-state index in [0.29, 0.717) is 18.3 Å². The lowest BCUT2D eigenvalue weighted by molar-refractivity contribution is -0.138. The predicted molar refractivity (Wildman–Crippen MR) is 93.9 cm³/mol. The van der Waals surface area contributed by atoms with Gasteiger partial charge in [0.15, 0.2) is 6.10 Å². The fourth-order valence-corrected chi connectivity index (χ4v) is 3.85. The van der Waals surface area contributed by atoms with E-state index in [1.807, 2.05) is 43.0 Å². The average Bonchev–Trinajstić information content (AvgIpc) is 3.07. The number of benzene rings is 1. The number of fused-ring (bicyclic) bond motifs is 1. The number of aryl methyl sites for hydroxylation is 1. The van der Waals surface area contributed by atoms with Crippen LogP contribution in [-0.4, -0.2) is 36.0 Å². The molecule has 2 fully saturated rings. The normalized spacial score (nSPS) is 27.3. The number of carbonyl (C=O) groups is 1. The van der Waals surface area contributed by atoms with Gasteiger partial charge < -0.3 is 15.4 Å². The molecule has 2 N–H and O–H groups in total. The van der Waals surface area contributed by atoms with Crippen LogP contribution in [-0.2, 0) is 4.79 Å². The monoisotopic (exact) mass is 338 g/mol. The Hall–Kier alpha value is -1.26. The summed E-state index contributed by atoms with van der Waals surface area (Å²) in [5, 5.41) is 0. The molecule has 1 aromatic rings. The second kappa shape index (κ2) is 7.54. The molecule has 0 bridgehead atoms. The first-order valence-electron chi connectivity index (χ1n) is 8.36. The van der Waals surface area contributed by atoms with Crippen molar-refractivity contribution in [1.82, 2.24) is 4.90 Å². The molecule has 23 heavy (non-hydrogen) atoms. The van der Waals surface area contributed by atoms with Crippen LogP contribution in [0.15, 0.2) is 24.3 Å². The number of hydrogen-bond donors (Lipinski definition) is 1. The third-order valence-electron chi connectivity index (χ3n) is 5.14. The topological polar surface area (TPSA) is 55.6 Å². The Labute approximate surface area is 144 Å². The molecule has 3 rings (SSSR count). The Balaban J connectivity index is 0.00000192. The Morgan fingerprint density at radius 1 is 1.39 bits per heavy atom. The lowest BCUT2D eigenvalue weighted by atomic mass is 9.98. The minimum absolute atomic E-state index is 0. The van der Waals surface area contributed by atoms with E-state index in [2.05, 4.69) is 0 Å². The van der Waals surface area contributed by atoms with Crippen LogP contribution in [0.2, 0.25) is 0 Å². The molecule has 1 aliphatic heterocycles. The number of amides is 1. The highest BCUT2D eigenvalue weighted by Gasteiger charge is 2.43. The number of carbonyl (C=O) groups excluding carboxylic acids is 1.